The SMILES string of the molecule is CCOC(=O)c1cc(-n2cccn2)c2oc(N3CC(CC)N4CC4C3)nc2c1. The third-order valence-electron chi connectivity index (χ3n) is 5.55. The van der Waals surface area contributed by atoms with Gasteiger partial charge in [-0.2, -0.15) is 10.1 Å². The Morgan fingerprint density at radius 2 is 2.18 bits per heavy atom. The fourth-order valence-electron chi connectivity index (χ4n) is 4.07. The van der Waals surface area contributed by atoms with Gasteiger partial charge in [0.1, 0.15) is 11.2 Å². The predicted octanol–water partition coefficient (Wildman–Crippen LogP) is 2.47. The summed E-state index contributed by atoms with van der Waals surface area (Å²) in [6.45, 7) is 7.31. The molecule has 8 heteroatoms. The lowest BCUT2D eigenvalue weighted by molar-refractivity contribution is 0.0526. The largest absolute Gasteiger partial charge is 0.462 e. The molecular formula is C20H23N5O3. The molecule has 0 bridgehead atoms. The molecule has 0 N–H and O–H groups in total. The minimum absolute atomic E-state index is 0.322. The first-order valence-corrected chi connectivity index (χ1v) is 9.80. The molecule has 8 nitrogen and oxygen atoms in total. The van der Waals surface area contributed by atoms with Crippen LogP contribution in [-0.4, -0.2) is 64.0 Å². The molecule has 146 valence electrons. The number of anilines is 1. The number of carbonyl (C=O) groups excluding carboxylic acids is 1. The highest BCUT2D eigenvalue weighted by Crippen LogP contribution is 2.34. The van der Waals surface area contributed by atoms with E-state index in [1.54, 1.807) is 29.9 Å². The summed E-state index contributed by atoms with van der Waals surface area (Å²) in [4.78, 5) is 21.8. The molecule has 2 saturated heterocycles. The van der Waals surface area contributed by atoms with Crippen LogP contribution in [0, 0.1) is 0 Å². The quantitative estimate of drug-likeness (QED) is 0.496. The summed E-state index contributed by atoms with van der Waals surface area (Å²) in [5.74, 6) is -0.375. The van der Waals surface area contributed by atoms with Crippen LogP contribution in [0.25, 0.3) is 16.8 Å². The van der Waals surface area contributed by atoms with Crippen LogP contribution in [0.2, 0.25) is 0 Å². The van der Waals surface area contributed by atoms with Gasteiger partial charge in [0, 0.05) is 44.1 Å². The highest BCUT2D eigenvalue weighted by atomic mass is 16.5. The van der Waals surface area contributed by atoms with E-state index in [1.165, 1.54) is 0 Å². The number of hydrogen-bond donors (Lipinski definition) is 0. The van der Waals surface area contributed by atoms with Crippen LogP contribution in [0.1, 0.15) is 30.6 Å². The zero-order valence-corrected chi connectivity index (χ0v) is 16.0. The van der Waals surface area contributed by atoms with E-state index in [0.29, 0.717) is 47.1 Å². The molecule has 4 heterocycles. The van der Waals surface area contributed by atoms with Crippen molar-refractivity contribution < 1.29 is 13.9 Å². The van der Waals surface area contributed by atoms with Gasteiger partial charge in [0.2, 0.25) is 0 Å². The molecule has 0 amide bonds. The minimum atomic E-state index is -0.375. The van der Waals surface area contributed by atoms with Crippen LogP contribution in [0.4, 0.5) is 6.01 Å². The highest BCUT2D eigenvalue weighted by molar-refractivity contribution is 5.96. The molecule has 0 saturated carbocycles. The molecule has 0 spiro atoms. The van der Waals surface area contributed by atoms with E-state index in [2.05, 4.69) is 21.8 Å². The van der Waals surface area contributed by atoms with E-state index in [-0.39, 0.29) is 5.97 Å². The predicted molar refractivity (Wildman–Crippen MR) is 104 cm³/mol. The van der Waals surface area contributed by atoms with Crippen molar-refractivity contribution in [3.05, 3.63) is 36.2 Å². The third-order valence-corrected chi connectivity index (χ3v) is 5.55. The Morgan fingerprint density at radius 1 is 1.29 bits per heavy atom. The lowest BCUT2D eigenvalue weighted by Gasteiger charge is -2.31. The van der Waals surface area contributed by atoms with Crippen LogP contribution in [0.15, 0.2) is 35.0 Å². The van der Waals surface area contributed by atoms with Gasteiger partial charge in [0.25, 0.3) is 6.01 Å². The summed E-state index contributed by atoms with van der Waals surface area (Å²) < 4.78 is 13.1. The van der Waals surface area contributed by atoms with Gasteiger partial charge in [-0.3, -0.25) is 4.90 Å². The Labute approximate surface area is 162 Å². The first-order valence-electron chi connectivity index (χ1n) is 9.80. The van der Waals surface area contributed by atoms with Gasteiger partial charge in [0.05, 0.1) is 12.2 Å². The Morgan fingerprint density at radius 3 is 2.93 bits per heavy atom. The van der Waals surface area contributed by atoms with Gasteiger partial charge in [-0.05, 0) is 31.5 Å². The molecular weight excluding hydrogens is 358 g/mol. The van der Waals surface area contributed by atoms with Crippen LogP contribution in [0.5, 0.6) is 0 Å². The van der Waals surface area contributed by atoms with E-state index < -0.39 is 0 Å². The molecule has 3 atom stereocenters. The van der Waals surface area contributed by atoms with Crippen molar-refractivity contribution in [1.29, 1.82) is 0 Å². The van der Waals surface area contributed by atoms with Crippen molar-refractivity contribution >= 4 is 23.1 Å². The Bertz CT molecular complexity index is 1010. The minimum Gasteiger partial charge on any atom is -0.462 e. The van der Waals surface area contributed by atoms with Crippen LogP contribution < -0.4 is 4.90 Å². The summed E-state index contributed by atoms with van der Waals surface area (Å²) in [5.41, 5.74) is 2.38. The standard InChI is InChI=1S/C20H23N5O3/c1-3-14-10-23(11-15-12-24(14)15)20-22-16-8-13(19(26)27-4-2)9-17(18(16)28-20)25-7-5-6-21-25/h5-9,14-15H,3-4,10-12H2,1-2H3. The first kappa shape index (κ1) is 17.2. The second-order valence-corrected chi connectivity index (χ2v) is 7.33. The number of rotatable bonds is 5. The smallest absolute Gasteiger partial charge is 0.338 e. The van der Waals surface area contributed by atoms with E-state index in [9.17, 15) is 4.79 Å². The zero-order valence-electron chi connectivity index (χ0n) is 16.0. The number of fused-ring (bicyclic) bond motifs is 2. The first-order chi connectivity index (χ1) is 13.7. The lowest BCUT2D eigenvalue weighted by atomic mass is 10.1. The summed E-state index contributed by atoms with van der Waals surface area (Å²) in [7, 11) is 0. The summed E-state index contributed by atoms with van der Waals surface area (Å²) in [6.07, 6.45) is 4.62. The Kier molecular flexibility index (Phi) is 4.08. The number of esters is 1. The molecule has 28 heavy (non-hydrogen) atoms. The van der Waals surface area contributed by atoms with Crippen molar-refractivity contribution in [2.24, 2.45) is 0 Å². The van der Waals surface area contributed by atoms with Crippen molar-refractivity contribution in [3.63, 3.8) is 0 Å². The number of hydrogen-bond acceptors (Lipinski definition) is 7. The number of oxazole rings is 1. The maximum Gasteiger partial charge on any atom is 0.338 e. The van der Waals surface area contributed by atoms with Gasteiger partial charge < -0.3 is 14.1 Å². The lowest BCUT2D eigenvalue weighted by Crippen LogP contribution is -2.45. The number of nitrogens with zero attached hydrogens (tertiary/aromatic N) is 5. The Hall–Kier alpha value is -2.87. The van der Waals surface area contributed by atoms with E-state index in [4.69, 9.17) is 14.1 Å². The molecule has 0 aliphatic carbocycles. The third kappa shape index (κ3) is 2.84. The average Bonchev–Trinajstić information content (AvgIpc) is 3.11. The molecule has 2 aromatic heterocycles. The fourth-order valence-corrected chi connectivity index (χ4v) is 4.07. The van der Waals surface area contributed by atoms with Gasteiger partial charge >= 0.3 is 5.97 Å². The maximum atomic E-state index is 12.3. The second kappa shape index (κ2) is 6.63. The van der Waals surface area contributed by atoms with Crippen LogP contribution in [0.3, 0.4) is 0 Å². The van der Waals surface area contributed by atoms with Crippen LogP contribution >= 0.6 is 0 Å². The molecule has 1 aromatic carbocycles. The fraction of sp³-hybridized carbons (Fsp3) is 0.450. The van der Waals surface area contributed by atoms with E-state index >= 15 is 0 Å². The maximum absolute atomic E-state index is 12.3. The van der Waals surface area contributed by atoms with Crippen molar-refractivity contribution in [2.45, 2.75) is 32.4 Å². The monoisotopic (exact) mass is 381 g/mol. The topological polar surface area (TPSA) is 76.4 Å². The number of piperazine rings is 1. The molecule has 2 aliphatic heterocycles. The number of aromatic nitrogens is 3. The number of carbonyl (C=O) groups is 1. The summed E-state index contributed by atoms with van der Waals surface area (Å²) in [6, 6.07) is 7.05. The van der Waals surface area contributed by atoms with Gasteiger partial charge in [-0.25, -0.2) is 9.48 Å². The molecule has 0 radical (unpaired) electrons. The van der Waals surface area contributed by atoms with Crippen molar-refractivity contribution in [3.8, 4) is 5.69 Å². The molecule has 2 fully saturated rings. The summed E-state index contributed by atoms with van der Waals surface area (Å²) >= 11 is 0. The molecule has 2 aliphatic rings. The van der Waals surface area contributed by atoms with Gasteiger partial charge in [-0.1, -0.05) is 6.92 Å². The second-order valence-electron chi connectivity index (χ2n) is 7.33. The highest BCUT2D eigenvalue weighted by Gasteiger charge is 2.45. The van der Waals surface area contributed by atoms with Crippen molar-refractivity contribution in [2.75, 3.05) is 31.1 Å². The molecule has 3 aromatic rings. The van der Waals surface area contributed by atoms with Crippen LogP contribution in [-0.2, 0) is 4.74 Å². The van der Waals surface area contributed by atoms with Crippen molar-refractivity contribution in [1.82, 2.24) is 19.7 Å². The molecule has 3 unspecified atom stereocenters. The number of ether oxygens (including phenoxy) is 1. The van der Waals surface area contributed by atoms with E-state index in [0.717, 1.165) is 26.1 Å². The van der Waals surface area contributed by atoms with E-state index in [1.807, 2.05) is 12.3 Å². The van der Waals surface area contributed by atoms with Gasteiger partial charge in [0.15, 0.2) is 5.58 Å². The normalized spacial score (nSPS) is 23.6. The molecule has 5 rings (SSSR count). The Balaban J connectivity index is 1.58. The zero-order chi connectivity index (χ0) is 19.3. The average molecular weight is 381 g/mol. The summed E-state index contributed by atoms with van der Waals surface area (Å²) in [5, 5.41) is 4.31. The van der Waals surface area contributed by atoms with Gasteiger partial charge in [-0.15, -0.1) is 0 Å². The number of benzene rings is 1.